The second-order valence-electron chi connectivity index (χ2n) is 8.04. The number of amides is 1. The number of nitrogens with zero attached hydrogens (tertiary/aromatic N) is 3. The Hall–Kier alpha value is -2.84. The van der Waals surface area contributed by atoms with E-state index in [9.17, 15) is 13.6 Å². The van der Waals surface area contributed by atoms with Crippen LogP contribution in [-0.2, 0) is 0 Å². The van der Waals surface area contributed by atoms with E-state index in [0.717, 1.165) is 34.0 Å². The van der Waals surface area contributed by atoms with Crippen molar-refractivity contribution < 1.29 is 13.6 Å². The normalized spacial score (nSPS) is 18.6. The van der Waals surface area contributed by atoms with Gasteiger partial charge >= 0.3 is 0 Å². The highest BCUT2D eigenvalue weighted by Crippen LogP contribution is 2.40. The van der Waals surface area contributed by atoms with Crippen LogP contribution in [0, 0.1) is 24.5 Å². The molecule has 5 nitrogen and oxygen atoms in total. The predicted octanol–water partition coefficient (Wildman–Crippen LogP) is 6.15. The lowest BCUT2D eigenvalue weighted by molar-refractivity contribution is 0.0710. The Balaban J connectivity index is 1.54. The molecule has 0 bridgehead atoms. The van der Waals surface area contributed by atoms with Crippen LogP contribution in [0.15, 0.2) is 36.4 Å². The maximum Gasteiger partial charge on any atom is 0.274 e. The van der Waals surface area contributed by atoms with Crippen molar-refractivity contribution in [3.63, 3.8) is 0 Å². The van der Waals surface area contributed by atoms with E-state index in [1.807, 2.05) is 32.0 Å². The van der Waals surface area contributed by atoms with Crippen molar-refractivity contribution >= 4 is 39.9 Å². The summed E-state index contributed by atoms with van der Waals surface area (Å²) < 4.78 is 27.3. The number of halogens is 3. The standard InChI is InChI=1S/C23H19ClF2N4OS/c1-11-6-7-30(20(11)22-28-17-9-15(25)16(26)10-18(17)29-22)23(31)19-21(32-12(2)27-19)13-4-3-5-14(24)8-13/h3-5,8-11,20H,6-7H2,1-2H3,(H,28,29)/t11-,20-/m0/s1. The van der Waals surface area contributed by atoms with E-state index in [-0.39, 0.29) is 17.9 Å². The number of hydrogen-bond acceptors (Lipinski definition) is 4. The molecule has 1 aliphatic heterocycles. The number of fused-ring (bicyclic) bond motifs is 1. The first-order chi connectivity index (χ1) is 15.3. The van der Waals surface area contributed by atoms with Crippen LogP contribution in [0.1, 0.15) is 40.7 Å². The molecule has 0 saturated carbocycles. The number of aryl methyl sites for hydroxylation is 1. The number of H-pyrrole nitrogens is 1. The van der Waals surface area contributed by atoms with Gasteiger partial charge in [0.05, 0.1) is 27.0 Å². The summed E-state index contributed by atoms with van der Waals surface area (Å²) in [5.74, 6) is -1.46. The molecular weight excluding hydrogens is 454 g/mol. The topological polar surface area (TPSA) is 61.9 Å². The van der Waals surface area contributed by atoms with E-state index >= 15 is 0 Å². The zero-order chi connectivity index (χ0) is 22.6. The molecule has 1 aliphatic rings. The number of imidazole rings is 1. The van der Waals surface area contributed by atoms with Crippen molar-refractivity contribution in [1.82, 2.24) is 19.9 Å². The van der Waals surface area contributed by atoms with E-state index in [4.69, 9.17) is 11.6 Å². The lowest BCUT2D eigenvalue weighted by atomic mass is 10.0. The third-order valence-corrected chi connectivity index (χ3v) is 7.06. The van der Waals surface area contributed by atoms with E-state index in [2.05, 4.69) is 15.0 Å². The molecule has 9 heteroatoms. The summed E-state index contributed by atoms with van der Waals surface area (Å²) in [5.41, 5.74) is 1.94. The summed E-state index contributed by atoms with van der Waals surface area (Å²) >= 11 is 7.61. The molecule has 1 amide bonds. The second-order valence-corrected chi connectivity index (χ2v) is 9.68. The minimum Gasteiger partial charge on any atom is -0.340 e. The van der Waals surface area contributed by atoms with Gasteiger partial charge in [0.25, 0.3) is 5.91 Å². The Bertz CT molecular complexity index is 1310. The number of thiazole rings is 1. The maximum atomic E-state index is 13.7. The van der Waals surface area contributed by atoms with Crippen molar-refractivity contribution in [1.29, 1.82) is 0 Å². The molecule has 2 aromatic heterocycles. The number of benzene rings is 2. The quantitative estimate of drug-likeness (QED) is 0.389. The van der Waals surface area contributed by atoms with Crippen molar-refractivity contribution in [3.8, 4) is 10.4 Å². The number of hydrogen-bond donors (Lipinski definition) is 1. The highest BCUT2D eigenvalue weighted by Gasteiger charge is 2.39. The Labute approximate surface area is 192 Å². The number of rotatable bonds is 3. The first-order valence-electron chi connectivity index (χ1n) is 10.2. The lowest BCUT2D eigenvalue weighted by Gasteiger charge is -2.25. The molecule has 0 aliphatic carbocycles. The van der Waals surface area contributed by atoms with E-state index < -0.39 is 11.6 Å². The molecular formula is C23H19ClF2N4OS. The van der Waals surface area contributed by atoms with Crippen molar-refractivity contribution in [3.05, 3.63) is 69.6 Å². The van der Waals surface area contributed by atoms with Gasteiger partial charge in [0.15, 0.2) is 11.6 Å². The number of carbonyl (C=O) groups is 1. The van der Waals surface area contributed by atoms with Crippen LogP contribution < -0.4 is 0 Å². The van der Waals surface area contributed by atoms with Crippen LogP contribution in [0.2, 0.25) is 5.02 Å². The zero-order valence-corrected chi connectivity index (χ0v) is 18.9. The van der Waals surface area contributed by atoms with Gasteiger partial charge in [-0.15, -0.1) is 11.3 Å². The summed E-state index contributed by atoms with van der Waals surface area (Å²) in [7, 11) is 0. The molecule has 1 N–H and O–H groups in total. The molecule has 164 valence electrons. The molecule has 0 spiro atoms. The van der Waals surface area contributed by atoms with Crippen LogP contribution in [0.25, 0.3) is 21.5 Å². The number of aromatic amines is 1. The van der Waals surface area contributed by atoms with Gasteiger partial charge in [-0.05, 0) is 37.0 Å². The SMILES string of the molecule is Cc1nc(C(=O)N2CC[C@H](C)[C@H]2c2nc3cc(F)c(F)cc3[nH]2)c(-c2cccc(Cl)c2)s1. The molecule has 5 rings (SSSR count). The summed E-state index contributed by atoms with van der Waals surface area (Å²) in [4.78, 5) is 28.3. The average molecular weight is 473 g/mol. The van der Waals surface area contributed by atoms with Crippen molar-refractivity contribution in [2.45, 2.75) is 26.3 Å². The van der Waals surface area contributed by atoms with Crippen LogP contribution in [-0.4, -0.2) is 32.3 Å². The van der Waals surface area contributed by atoms with Crippen LogP contribution in [0.5, 0.6) is 0 Å². The average Bonchev–Trinajstić information content (AvgIpc) is 3.44. The highest BCUT2D eigenvalue weighted by atomic mass is 35.5. The Morgan fingerprint density at radius 1 is 1.22 bits per heavy atom. The lowest BCUT2D eigenvalue weighted by Crippen LogP contribution is -2.33. The molecule has 4 aromatic rings. The summed E-state index contributed by atoms with van der Waals surface area (Å²) in [5, 5.41) is 1.36. The highest BCUT2D eigenvalue weighted by molar-refractivity contribution is 7.15. The fourth-order valence-electron chi connectivity index (χ4n) is 4.29. The maximum absolute atomic E-state index is 13.7. The van der Waals surface area contributed by atoms with Gasteiger partial charge in [-0.25, -0.2) is 18.7 Å². The molecule has 3 heterocycles. The molecule has 1 saturated heterocycles. The Morgan fingerprint density at radius 3 is 2.78 bits per heavy atom. The fourth-order valence-corrected chi connectivity index (χ4v) is 5.39. The van der Waals surface area contributed by atoms with Crippen LogP contribution >= 0.6 is 22.9 Å². The molecule has 2 atom stereocenters. The first kappa shape index (κ1) is 21.0. The molecule has 32 heavy (non-hydrogen) atoms. The molecule has 0 radical (unpaired) electrons. The van der Waals surface area contributed by atoms with Gasteiger partial charge in [0, 0.05) is 23.7 Å². The van der Waals surface area contributed by atoms with Gasteiger partial charge in [-0.3, -0.25) is 4.79 Å². The summed E-state index contributed by atoms with van der Waals surface area (Å²) in [6, 6.07) is 9.15. The largest absolute Gasteiger partial charge is 0.340 e. The van der Waals surface area contributed by atoms with Gasteiger partial charge < -0.3 is 9.88 Å². The Kier molecular flexibility index (Phi) is 5.22. The minimum absolute atomic E-state index is 0.114. The smallest absolute Gasteiger partial charge is 0.274 e. The number of aromatic nitrogens is 3. The predicted molar refractivity (Wildman–Crippen MR) is 121 cm³/mol. The Morgan fingerprint density at radius 2 is 2.00 bits per heavy atom. The third kappa shape index (κ3) is 3.57. The number of nitrogens with one attached hydrogen (secondary N) is 1. The van der Waals surface area contributed by atoms with Gasteiger partial charge in [-0.2, -0.15) is 0 Å². The van der Waals surface area contributed by atoms with E-state index in [1.165, 1.54) is 11.3 Å². The third-order valence-electron chi connectivity index (χ3n) is 5.81. The summed E-state index contributed by atoms with van der Waals surface area (Å²) in [6.45, 7) is 4.44. The monoisotopic (exact) mass is 472 g/mol. The molecule has 2 aromatic carbocycles. The number of carbonyl (C=O) groups excluding carboxylic acids is 1. The number of likely N-dealkylation sites (tertiary alicyclic amines) is 1. The first-order valence-corrected chi connectivity index (χ1v) is 11.4. The van der Waals surface area contributed by atoms with E-state index in [0.29, 0.717) is 34.1 Å². The van der Waals surface area contributed by atoms with Gasteiger partial charge in [0.2, 0.25) is 0 Å². The minimum atomic E-state index is -0.952. The van der Waals surface area contributed by atoms with E-state index in [1.54, 1.807) is 11.0 Å². The molecule has 1 fully saturated rings. The fraction of sp³-hybridized carbons (Fsp3) is 0.261. The van der Waals surface area contributed by atoms with Crippen LogP contribution in [0.3, 0.4) is 0 Å². The van der Waals surface area contributed by atoms with Gasteiger partial charge in [0.1, 0.15) is 11.5 Å². The summed E-state index contributed by atoms with van der Waals surface area (Å²) in [6.07, 6.45) is 0.784. The van der Waals surface area contributed by atoms with Crippen molar-refractivity contribution in [2.24, 2.45) is 5.92 Å². The second kappa shape index (κ2) is 7.94. The molecule has 0 unspecified atom stereocenters. The van der Waals surface area contributed by atoms with Crippen molar-refractivity contribution in [2.75, 3.05) is 6.54 Å². The van der Waals surface area contributed by atoms with Crippen LogP contribution in [0.4, 0.5) is 8.78 Å². The zero-order valence-electron chi connectivity index (χ0n) is 17.3. The van der Waals surface area contributed by atoms with Gasteiger partial charge in [-0.1, -0.05) is 30.7 Å².